The van der Waals surface area contributed by atoms with Crippen LogP contribution in [0.4, 0.5) is 20.8 Å². The number of aromatic nitrogens is 2. The highest BCUT2D eigenvalue weighted by atomic mass is 32.1. The Morgan fingerprint density at radius 2 is 1.30 bits per heavy atom. The number of anilines is 1. The zero-order chi connectivity index (χ0) is 26.6. The van der Waals surface area contributed by atoms with Crippen LogP contribution in [0.2, 0.25) is 0 Å². The number of azo groups is 1. The summed E-state index contributed by atoms with van der Waals surface area (Å²) < 4.78 is 4.52. The minimum absolute atomic E-state index is 0.221. The van der Waals surface area contributed by atoms with Crippen LogP contribution in [0.5, 0.6) is 0 Å². The van der Waals surface area contributed by atoms with Gasteiger partial charge in [0.15, 0.2) is 15.1 Å². The Bertz CT molecular complexity index is 1360. The molecule has 0 spiro atoms. The van der Waals surface area contributed by atoms with Gasteiger partial charge in [0.05, 0.1) is 18.0 Å². The van der Waals surface area contributed by atoms with Crippen molar-refractivity contribution in [3.8, 4) is 0 Å². The Morgan fingerprint density at radius 1 is 0.784 bits per heavy atom. The first kappa shape index (κ1) is 26.6. The number of hydrogen-bond acceptors (Lipinski definition) is 7. The maximum atomic E-state index is 7.69. The molecule has 0 radical (unpaired) electrons. The smallest absolute Gasteiger partial charge is 0.248 e. The average Bonchev–Trinajstić information content (AvgIpc) is 3.48. The molecular formula is C29H32N6S2. The molecule has 4 rings (SSSR count). The third-order valence-corrected chi connectivity index (χ3v) is 7.44. The van der Waals surface area contributed by atoms with Crippen molar-refractivity contribution in [1.82, 2.24) is 9.36 Å². The molecule has 6 nitrogen and oxygen atoms in total. The molecule has 2 aromatic heterocycles. The number of benzene rings is 2. The van der Waals surface area contributed by atoms with Gasteiger partial charge in [-0.3, -0.25) is 0 Å². The second-order valence-corrected chi connectivity index (χ2v) is 12.7. The summed E-state index contributed by atoms with van der Waals surface area (Å²) in [6, 6.07) is 20.9. The van der Waals surface area contributed by atoms with Crippen LogP contribution in [0.3, 0.4) is 0 Å². The summed E-state index contributed by atoms with van der Waals surface area (Å²) in [7, 11) is 0. The Balaban J connectivity index is 1.73. The maximum absolute atomic E-state index is 7.69. The topological polar surface area (TPSA) is 58.1 Å². The molecule has 0 saturated heterocycles. The van der Waals surface area contributed by atoms with E-state index in [4.69, 9.17) is 11.6 Å². The predicted octanol–water partition coefficient (Wildman–Crippen LogP) is 9.37. The van der Waals surface area contributed by atoms with Crippen molar-refractivity contribution < 1.29 is 0 Å². The minimum atomic E-state index is -0.228. The van der Waals surface area contributed by atoms with Crippen molar-refractivity contribution in [1.29, 1.82) is 0 Å². The van der Waals surface area contributed by atoms with E-state index in [2.05, 4.69) is 114 Å². The van der Waals surface area contributed by atoms with Crippen molar-refractivity contribution in [2.24, 2.45) is 10.2 Å². The van der Waals surface area contributed by atoms with Crippen LogP contribution in [-0.4, -0.2) is 9.36 Å². The summed E-state index contributed by atoms with van der Waals surface area (Å²) >= 11 is 2.77. The second-order valence-electron chi connectivity index (χ2n) is 11.0. The van der Waals surface area contributed by atoms with E-state index in [0.717, 1.165) is 34.6 Å². The fraction of sp³-hybridized carbons (Fsp3) is 0.345. The highest BCUT2D eigenvalue weighted by Crippen LogP contribution is 2.45. The number of rotatable bonds is 7. The molecule has 0 atom stereocenters. The zero-order valence-corrected chi connectivity index (χ0v) is 23.8. The molecule has 0 amide bonds. The first-order valence-corrected chi connectivity index (χ1v) is 13.8. The van der Waals surface area contributed by atoms with E-state index in [1.807, 2.05) is 12.1 Å². The number of hydrogen-bond donors (Lipinski definition) is 0. The molecule has 190 valence electrons. The first-order valence-electron chi connectivity index (χ1n) is 12.2. The quantitative estimate of drug-likeness (QED) is 0.177. The fourth-order valence-corrected chi connectivity index (χ4v) is 5.76. The summed E-state index contributed by atoms with van der Waals surface area (Å²) in [6.45, 7) is 21.7. The number of thiazole rings is 1. The minimum Gasteiger partial charge on any atom is -0.339 e. The van der Waals surface area contributed by atoms with Gasteiger partial charge in [0, 0.05) is 18.5 Å². The highest BCUT2D eigenvalue weighted by molar-refractivity contribution is 7.19. The molecule has 0 fully saturated rings. The van der Waals surface area contributed by atoms with Crippen LogP contribution >= 0.6 is 22.9 Å². The summed E-state index contributed by atoms with van der Waals surface area (Å²) in [5.74, 6) is 0. The van der Waals surface area contributed by atoms with Crippen molar-refractivity contribution >= 4 is 43.7 Å². The lowest BCUT2D eigenvalue weighted by Gasteiger charge is -2.22. The number of nitrogens with zero attached hydrogens (tertiary/aromatic N) is 6. The molecule has 0 aliphatic rings. The van der Waals surface area contributed by atoms with Gasteiger partial charge in [0.2, 0.25) is 5.69 Å². The standard InChI is InChI=1S/C29H32N6S2/c1-28(2,3)23-22(30-7)25(37-34-23)32-33-26-24(29(4,5)6)31-27(36-26)35(18-20-14-10-8-11-15-20)19-21-16-12-9-13-17-21/h8-17H,18-19H2,1-6H3. The van der Waals surface area contributed by atoms with Crippen LogP contribution < -0.4 is 4.90 Å². The van der Waals surface area contributed by atoms with E-state index in [1.54, 1.807) is 0 Å². The van der Waals surface area contributed by atoms with E-state index in [1.165, 1.54) is 34.0 Å². The van der Waals surface area contributed by atoms with E-state index in [9.17, 15) is 0 Å². The lowest BCUT2D eigenvalue weighted by molar-refractivity contribution is 0.572. The Morgan fingerprint density at radius 3 is 1.78 bits per heavy atom. The van der Waals surface area contributed by atoms with Gasteiger partial charge in [-0.05, 0) is 28.1 Å². The third kappa shape index (κ3) is 6.48. The molecule has 0 unspecified atom stereocenters. The van der Waals surface area contributed by atoms with Crippen LogP contribution in [0.15, 0.2) is 70.9 Å². The summed E-state index contributed by atoms with van der Waals surface area (Å²) in [5, 5.41) is 11.4. The lowest BCUT2D eigenvalue weighted by atomic mass is 9.91. The highest BCUT2D eigenvalue weighted by Gasteiger charge is 2.27. The van der Waals surface area contributed by atoms with Gasteiger partial charge in [-0.2, -0.15) is 0 Å². The third-order valence-electron chi connectivity index (χ3n) is 5.72. The molecule has 4 aromatic rings. The molecule has 0 saturated carbocycles. The van der Waals surface area contributed by atoms with Crippen molar-refractivity contribution in [3.05, 3.63) is 94.6 Å². The van der Waals surface area contributed by atoms with Gasteiger partial charge in [0.25, 0.3) is 0 Å². The normalized spacial score (nSPS) is 12.1. The van der Waals surface area contributed by atoms with Crippen molar-refractivity contribution in [2.45, 2.75) is 65.5 Å². The van der Waals surface area contributed by atoms with Crippen molar-refractivity contribution in [3.63, 3.8) is 0 Å². The average molecular weight is 529 g/mol. The van der Waals surface area contributed by atoms with E-state index < -0.39 is 0 Å². The molecule has 0 bridgehead atoms. The van der Waals surface area contributed by atoms with Crippen LogP contribution in [0, 0.1) is 6.57 Å². The Hall–Kier alpha value is -3.41. The second kappa shape index (κ2) is 10.9. The van der Waals surface area contributed by atoms with Gasteiger partial charge in [-0.25, -0.2) is 14.2 Å². The van der Waals surface area contributed by atoms with Gasteiger partial charge in [0.1, 0.15) is 0 Å². The summed E-state index contributed by atoms with van der Waals surface area (Å²) in [5.41, 5.74) is 4.13. The maximum Gasteiger partial charge on any atom is 0.248 e. The Kier molecular flexibility index (Phi) is 7.86. The van der Waals surface area contributed by atoms with Crippen LogP contribution in [0.25, 0.3) is 4.85 Å². The molecule has 8 heteroatoms. The largest absolute Gasteiger partial charge is 0.339 e. The van der Waals surface area contributed by atoms with Gasteiger partial charge >= 0.3 is 0 Å². The summed E-state index contributed by atoms with van der Waals surface area (Å²) in [6.07, 6.45) is 0. The Labute approximate surface area is 227 Å². The van der Waals surface area contributed by atoms with Gasteiger partial charge < -0.3 is 4.90 Å². The lowest BCUT2D eigenvalue weighted by Crippen LogP contribution is -2.22. The fourth-order valence-electron chi connectivity index (χ4n) is 3.82. The molecular weight excluding hydrogens is 496 g/mol. The van der Waals surface area contributed by atoms with E-state index >= 15 is 0 Å². The molecule has 2 aromatic carbocycles. The van der Waals surface area contributed by atoms with E-state index in [0.29, 0.717) is 10.7 Å². The van der Waals surface area contributed by atoms with E-state index in [-0.39, 0.29) is 10.8 Å². The summed E-state index contributed by atoms with van der Waals surface area (Å²) in [4.78, 5) is 11.1. The zero-order valence-electron chi connectivity index (χ0n) is 22.2. The molecule has 0 N–H and O–H groups in total. The molecule has 0 aliphatic heterocycles. The van der Waals surface area contributed by atoms with Gasteiger partial charge in [-0.15, -0.1) is 10.2 Å². The molecule has 2 heterocycles. The molecule has 37 heavy (non-hydrogen) atoms. The van der Waals surface area contributed by atoms with Crippen LogP contribution in [-0.2, 0) is 23.9 Å². The van der Waals surface area contributed by atoms with Crippen LogP contribution in [0.1, 0.15) is 64.1 Å². The SMILES string of the molecule is [C-]#[N+]c1c(C(C)(C)C)nsc1N=Nc1sc(N(Cc2ccccc2)Cc2ccccc2)nc1C(C)(C)C. The van der Waals surface area contributed by atoms with Crippen molar-refractivity contribution in [2.75, 3.05) is 4.90 Å². The van der Waals surface area contributed by atoms with Gasteiger partial charge in [-0.1, -0.05) is 114 Å². The first-order chi connectivity index (χ1) is 17.6. The monoisotopic (exact) mass is 528 g/mol. The predicted molar refractivity (Wildman–Crippen MR) is 155 cm³/mol. The molecule has 0 aliphatic carbocycles.